The van der Waals surface area contributed by atoms with Gasteiger partial charge in [-0.1, -0.05) is 36.8 Å². The van der Waals surface area contributed by atoms with Gasteiger partial charge in [0.1, 0.15) is 0 Å². The van der Waals surface area contributed by atoms with Gasteiger partial charge in [0.25, 0.3) is 0 Å². The van der Waals surface area contributed by atoms with Crippen LogP contribution in [0, 0.1) is 0 Å². The van der Waals surface area contributed by atoms with E-state index in [1.54, 1.807) is 24.3 Å². The standard InChI is InChI=1S/C21H31N3O5.2H2O/c22-12-5-4-9-17(18(25)21(20(28)29)11-6-13-24-21)23-14-10-16(19(26)27)15-7-2-1-3-8-15;;/h1-3,7-8,16-17,23-24H,4-6,9-14,22H2,(H,26,27)(H,28,29);2*1H2/t16?,17-,21+;;/m0../s1. The predicted molar refractivity (Wildman–Crippen MR) is 116 cm³/mol. The molecule has 1 heterocycles. The van der Waals surface area contributed by atoms with Crippen molar-refractivity contribution in [3.63, 3.8) is 0 Å². The van der Waals surface area contributed by atoms with Crippen LogP contribution >= 0.6 is 0 Å². The molecule has 2 rings (SSSR count). The highest BCUT2D eigenvalue weighted by Gasteiger charge is 2.50. The van der Waals surface area contributed by atoms with Crippen molar-refractivity contribution in [2.45, 2.75) is 56.0 Å². The number of carbonyl (C=O) groups excluding carboxylic acids is 1. The molecule has 10 heteroatoms. The Hall–Kier alpha value is -2.37. The average Bonchev–Trinajstić information content (AvgIpc) is 3.21. The maximum atomic E-state index is 13.1. The smallest absolute Gasteiger partial charge is 0.331 e. The molecule has 1 aromatic carbocycles. The number of Topliss-reactive ketones (excluding diaryl/α,β-unsaturated/α-hetero) is 1. The van der Waals surface area contributed by atoms with Gasteiger partial charge in [0.05, 0.1) is 12.0 Å². The maximum Gasteiger partial charge on any atom is 0.331 e. The van der Waals surface area contributed by atoms with E-state index in [1.807, 2.05) is 6.07 Å². The number of nitrogens with one attached hydrogen (secondary N) is 2. The lowest BCUT2D eigenvalue weighted by Crippen LogP contribution is -2.60. The van der Waals surface area contributed by atoms with Gasteiger partial charge in [-0.2, -0.15) is 0 Å². The number of rotatable bonds is 13. The molecule has 31 heavy (non-hydrogen) atoms. The molecule has 0 radical (unpaired) electrons. The number of aliphatic carboxylic acids is 2. The summed E-state index contributed by atoms with van der Waals surface area (Å²) >= 11 is 0. The predicted octanol–water partition coefficient (Wildman–Crippen LogP) is -0.541. The average molecular weight is 442 g/mol. The van der Waals surface area contributed by atoms with Crippen molar-refractivity contribution in [3.8, 4) is 0 Å². The van der Waals surface area contributed by atoms with Crippen molar-refractivity contribution in [2.24, 2.45) is 5.73 Å². The fourth-order valence-corrected chi connectivity index (χ4v) is 3.88. The van der Waals surface area contributed by atoms with Gasteiger partial charge in [0.2, 0.25) is 0 Å². The second kappa shape index (κ2) is 13.8. The van der Waals surface area contributed by atoms with Crippen molar-refractivity contribution < 1.29 is 35.5 Å². The number of hydrogen-bond donors (Lipinski definition) is 5. The first-order chi connectivity index (χ1) is 13.9. The van der Waals surface area contributed by atoms with E-state index in [0.29, 0.717) is 50.9 Å². The van der Waals surface area contributed by atoms with Gasteiger partial charge in [0.15, 0.2) is 11.3 Å². The van der Waals surface area contributed by atoms with Crippen molar-refractivity contribution in [1.82, 2.24) is 10.6 Å². The summed E-state index contributed by atoms with van der Waals surface area (Å²) < 4.78 is 0. The Morgan fingerprint density at radius 1 is 1.10 bits per heavy atom. The van der Waals surface area contributed by atoms with E-state index >= 15 is 0 Å². The lowest BCUT2D eigenvalue weighted by Gasteiger charge is -2.29. The fraction of sp³-hybridized carbons (Fsp3) is 0.571. The Morgan fingerprint density at radius 2 is 1.77 bits per heavy atom. The Balaban J connectivity index is 0.00000450. The van der Waals surface area contributed by atoms with Gasteiger partial charge in [0, 0.05) is 0 Å². The molecule has 0 aliphatic carbocycles. The third kappa shape index (κ3) is 7.37. The third-order valence-electron chi connectivity index (χ3n) is 5.53. The summed E-state index contributed by atoms with van der Waals surface area (Å²) in [5, 5.41) is 25.3. The summed E-state index contributed by atoms with van der Waals surface area (Å²) in [6.45, 7) is 1.28. The van der Waals surface area contributed by atoms with Crippen molar-refractivity contribution >= 4 is 17.7 Å². The number of carbonyl (C=O) groups is 3. The Labute approximate surface area is 181 Å². The monoisotopic (exact) mass is 441 g/mol. The molecule has 1 fully saturated rings. The van der Waals surface area contributed by atoms with E-state index in [0.717, 1.165) is 6.42 Å². The van der Waals surface area contributed by atoms with E-state index < -0.39 is 29.4 Å². The highest BCUT2D eigenvalue weighted by atomic mass is 16.4. The van der Waals surface area contributed by atoms with Crippen LogP contribution in [-0.2, 0) is 14.4 Å². The number of carboxylic acid groups (broad SMARTS) is 2. The topological polar surface area (TPSA) is 205 Å². The molecule has 1 aliphatic rings. The molecule has 0 saturated carbocycles. The van der Waals surface area contributed by atoms with Crippen LogP contribution in [-0.4, -0.2) is 70.1 Å². The molecule has 10 nitrogen and oxygen atoms in total. The fourth-order valence-electron chi connectivity index (χ4n) is 3.88. The Kier molecular flexibility index (Phi) is 12.8. The second-order valence-electron chi connectivity index (χ2n) is 7.49. The molecule has 0 aromatic heterocycles. The minimum Gasteiger partial charge on any atom is -0.481 e. The maximum absolute atomic E-state index is 13.1. The molecule has 1 unspecified atom stereocenters. The lowest BCUT2D eigenvalue weighted by atomic mass is 9.85. The van der Waals surface area contributed by atoms with Gasteiger partial charge < -0.3 is 32.2 Å². The van der Waals surface area contributed by atoms with E-state index in [4.69, 9.17) is 5.73 Å². The first-order valence-electron chi connectivity index (χ1n) is 10.2. The molecule has 1 aromatic rings. The van der Waals surface area contributed by atoms with Gasteiger partial charge in [-0.05, 0) is 57.3 Å². The first kappa shape index (κ1) is 28.6. The number of ketones is 1. The van der Waals surface area contributed by atoms with Gasteiger partial charge in [-0.25, -0.2) is 4.79 Å². The van der Waals surface area contributed by atoms with E-state index in [-0.39, 0.29) is 23.2 Å². The quantitative estimate of drug-likeness (QED) is 0.198. The minimum atomic E-state index is -1.56. The summed E-state index contributed by atoms with van der Waals surface area (Å²) in [5.41, 5.74) is 4.69. The summed E-state index contributed by atoms with van der Waals surface area (Å²) in [5.74, 6) is -3.16. The van der Waals surface area contributed by atoms with Crippen LogP contribution in [0.4, 0.5) is 0 Å². The molecule has 0 spiro atoms. The molecule has 1 aliphatic heterocycles. The van der Waals surface area contributed by atoms with E-state index in [1.165, 1.54) is 0 Å². The molecular formula is C21H35N3O7. The molecular weight excluding hydrogens is 406 g/mol. The molecule has 3 atom stereocenters. The summed E-state index contributed by atoms with van der Waals surface area (Å²) in [7, 11) is 0. The third-order valence-corrected chi connectivity index (χ3v) is 5.53. The Bertz CT molecular complexity index is 693. The number of carboxylic acids is 2. The zero-order valence-corrected chi connectivity index (χ0v) is 17.6. The first-order valence-corrected chi connectivity index (χ1v) is 10.2. The van der Waals surface area contributed by atoms with Gasteiger partial charge in [-0.15, -0.1) is 0 Å². The van der Waals surface area contributed by atoms with Crippen LogP contribution < -0.4 is 16.4 Å². The summed E-state index contributed by atoms with van der Waals surface area (Å²) in [4.78, 5) is 36.6. The molecule has 1 saturated heterocycles. The van der Waals surface area contributed by atoms with Crippen LogP contribution in [0.5, 0.6) is 0 Å². The van der Waals surface area contributed by atoms with Crippen LogP contribution in [0.25, 0.3) is 0 Å². The van der Waals surface area contributed by atoms with Crippen molar-refractivity contribution in [1.29, 1.82) is 0 Å². The summed E-state index contributed by atoms with van der Waals surface area (Å²) in [6, 6.07) is 8.29. The largest absolute Gasteiger partial charge is 0.481 e. The number of unbranched alkanes of at least 4 members (excludes halogenated alkanes) is 1. The van der Waals surface area contributed by atoms with Gasteiger partial charge >= 0.3 is 11.9 Å². The normalized spacial score (nSPS) is 19.5. The highest BCUT2D eigenvalue weighted by Crippen LogP contribution is 2.24. The van der Waals surface area contributed by atoms with E-state index in [9.17, 15) is 24.6 Å². The second-order valence-corrected chi connectivity index (χ2v) is 7.49. The highest BCUT2D eigenvalue weighted by molar-refractivity contribution is 6.10. The molecule has 10 N–H and O–H groups in total. The Morgan fingerprint density at radius 3 is 2.29 bits per heavy atom. The molecule has 0 amide bonds. The summed E-state index contributed by atoms with van der Waals surface area (Å²) in [6.07, 6.45) is 3.08. The van der Waals surface area contributed by atoms with Crippen LogP contribution in [0.1, 0.15) is 50.0 Å². The minimum absolute atomic E-state index is 0. The van der Waals surface area contributed by atoms with Crippen LogP contribution in [0.15, 0.2) is 30.3 Å². The molecule has 0 bridgehead atoms. The number of benzene rings is 1. The molecule has 176 valence electrons. The van der Waals surface area contributed by atoms with Crippen LogP contribution in [0.2, 0.25) is 0 Å². The number of nitrogens with two attached hydrogens (primary N) is 1. The lowest BCUT2D eigenvalue weighted by molar-refractivity contribution is -0.150. The van der Waals surface area contributed by atoms with E-state index in [2.05, 4.69) is 10.6 Å². The SMILES string of the molecule is NCCCC[C@H](NCCC(C(=O)O)c1ccccc1)C(=O)[C@@]1(C(=O)O)CCCN1.O.O. The zero-order chi connectivity index (χ0) is 21.3. The van der Waals surface area contributed by atoms with Crippen LogP contribution in [0.3, 0.4) is 0 Å². The van der Waals surface area contributed by atoms with Crippen molar-refractivity contribution in [2.75, 3.05) is 19.6 Å². The zero-order valence-electron chi connectivity index (χ0n) is 17.6. The van der Waals surface area contributed by atoms with Crippen molar-refractivity contribution in [3.05, 3.63) is 35.9 Å². The van der Waals surface area contributed by atoms with Gasteiger partial charge in [-0.3, -0.25) is 14.9 Å². The number of hydrogen-bond acceptors (Lipinski definition) is 6.